The molecule has 37 heavy (non-hydrogen) atoms. The van der Waals surface area contributed by atoms with Crippen molar-refractivity contribution in [2.24, 2.45) is 5.10 Å². The van der Waals surface area contributed by atoms with Crippen LogP contribution in [0.1, 0.15) is 23.6 Å². The number of para-hydroxylation sites is 1. The number of non-ortho nitro benzene ring substituents is 1. The molecule has 0 aliphatic heterocycles. The van der Waals surface area contributed by atoms with E-state index in [9.17, 15) is 25.0 Å². The van der Waals surface area contributed by atoms with Crippen molar-refractivity contribution in [3.8, 4) is 23.0 Å². The maximum absolute atomic E-state index is 12.1. The number of hydrogen-bond acceptors (Lipinski definition) is 9. The Labute approximate surface area is 211 Å². The van der Waals surface area contributed by atoms with Crippen LogP contribution in [0.3, 0.4) is 0 Å². The monoisotopic (exact) mass is 508 g/mol. The van der Waals surface area contributed by atoms with Gasteiger partial charge >= 0.3 is 5.69 Å². The first kappa shape index (κ1) is 26.6. The van der Waals surface area contributed by atoms with Gasteiger partial charge in [0.25, 0.3) is 11.6 Å². The van der Waals surface area contributed by atoms with Gasteiger partial charge in [0.05, 0.1) is 28.7 Å². The Balaban J connectivity index is 1.70. The third-order valence-electron chi connectivity index (χ3n) is 5.00. The maximum Gasteiger partial charge on any atom is 0.318 e. The summed E-state index contributed by atoms with van der Waals surface area (Å²) in [6, 6.07) is 13.4. The van der Waals surface area contributed by atoms with Crippen molar-refractivity contribution in [1.82, 2.24) is 5.43 Å². The lowest BCUT2D eigenvalue weighted by molar-refractivity contribution is -0.394. The molecule has 1 N–H and O–H groups in total. The van der Waals surface area contributed by atoms with Crippen LogP contribution in [0.5, 0.6) is 23.0 Å². The second-order valence-electron chi connectivity index (χ2n) is 7.71. The SMILES string of the molecule is CCOc1cc(C=NNC(=O)COc2c(C)cccc2C)ccc1Oc1ccc([N+](=O)[O-])cc1[N+](=O)[O-]. The Bertz CT molecular complexity index is 1340. The number of nitro groups is 2. The molecule has 3 aromatic carbocycles. The number of aryl methyl sites for hydroxylation is 2. The number of nitrogens with one attached hydrogen (secondary N) is 1. The van der Waals surface area contributed by atoms with Crippen molar-refractivity contribution < 1.29 is 28.9 Å². The molecule has 0 aliphatic rings. The summed E-state index contributed by atoms with van der Waals surface area (Å²) in [5, 5.41) is 26.3. The molecule has 0 spiro atoms. The van der Waals surface area contributed by atoms with Gasteiger partial charge in [-0.1, -0.05) is 18.2 Å². The Morgan fingerprint density at radius 3 is 2.30 bits per heavy atom. The first-order chi connectivity index (χ1) is 17.7. The number of amides is 1. The highest BCUT2D eigenvalue weighted by Crippen LogP contribution is 2.38. The normalized spacial score (nSPS) is 10.7. The molecule has 0 saturated carbocycles. The minimum atomic E-state index is -0.767. The average Bonchev–Trinajstić information content (AvgIpc) is 2.85. The molecule has 0 aliphatic carbocycles. The predicted octanol–water partition coefficient (Wildman–Crippen LogP) is 4.84. The number of benzene rings is 3. The van der Waals surface area contributed by atoms with E-state index in [0.29, 0.717) is 11.3 Å². The van der Waals surface area contributed by atoms with Crippen LogP contribution >= 0.6 is 0 Å². The van der Waals surface area contributed by atoms with E-state index in [4.69, 9.17) is 14.2 Å². The highest BCUT2D eigenvalue weighted by Gasteiger charge is 2.22. The van der Waals surface area contributed by atoms with Gasteiger partial charge in [-0.25, -0.2) is 5.43 Å². The summed E-state index contributed by atoms with van der Waals surface area (Å²) in [5.74, 6) is 0.418. The van der Waals surface area contributed by atoms with Gasteiger partial charge < -0.3 is 14.2 Å². The molecule has 1 amide bonds. The smallest absolute Gasteiger partial charge is 0.318 e. The maximum atomic E-state index is 12.1. The number of hydrazone groups is 1. The molecule has 3 aromatic rings. The number of ether oxygens (including phenoxy) is 3. The molecule has 0 unspecified atom stereocenters. The zero-order valence-corrected chi connectivity index (χ0v) is 20.3. The second-order valence-corrected chi connectivity index (χ2v) is 7.71. The minimum absolute atomic E-state index is 0.155. The van der Waals surface area contributed by atoms with Crippen LogP contribution in [-0.2, 0) is 4.79 Å². The molecule has 192 valence electrons. The van der Waals surface area contributed by atoms with E-state index in [0.717, 1.165) is 29.3 Å². The Morgan fingerprint density at radius 1 is 0.946 bits per heavy atom. The fourth-order valence-electron chi connectivity index (χ4n) is 3.30. The average molecular weight is 508 g/mol. The lowest BCUT2D eigenvalue weighted by Crippen LogP contribution is -2.25. The van der Waals surface area contributed by atoms with Crippen molar-refractivity contribution in [3.05, 3.63) is 91.5 Å². The summed E-state index contributed by atoms with van der Waals surface area (Å²) < 4.78 is 16.8. The number of carbonyl (C=O) groups excluding carboxylic acids is 1. The highest BCUT2D eigenvalue weighted by atomic mass is 16.6. The number of carbonyl (C=O) groups is 1. The van der Waals surface area contributed by atoms with E-state index in [1.54, 1.807) is 19.1 Å². The van der Waals surface area contributed by atoms with Gasteiger partial charge in [-0.2, -0.15) is 5.10 Å². The summed E-state index contributed by atoms with van der Waals surface area (Å²) in [6.45, 7) is 5.58. The van der Waals surface area contributed by atoms with Crippen LogP contribution in [0, 0.1) is 34.1 Å². The molecule has 0 fully saturated rings. The molecule has 0 atom stereocenters. The summed E-state index contributed by atoms with van der Waals surface area (Å²) in [7, 11) is 0. The van der Waals surface area contributed by atoms with Crippen LogP contribution in [0.2, 0.25) is 0 Å². The van der Waals surface area contributed by atoms with E-state index in [1.807, 2.05) is 32.0 Å². The van der Waals surface area contributed by atoms with E-state index in [1.165, 1.54) is 12.3 Å². The molecular weight excluding hydrogens is 484 g/mol. The van der Waals surface area contributed by atoms with E-state index < -0.39 is 27.1 Å². The van der Waals surface area contributed by atoms with Crippen molar-refractivity contribution in [1.29, 1.82) is 0 Å². The zero-order chi connectivity index (χ0) is 26.9. The van der Waals surface area contributed by atoms with E-state index in [2.05, 4.69) is 10.5 Å². The summed E-state index contributed by atoms with van der Waals surface area (Å²) in [6.07, 6.45) is 1.39. The van der Waals surface area contributed by atoms with Gasteiger partial charge in [0.15, 0.2) is 18.1 Å². The van der Waals surface area contributed by atoms with Gasteiger partial charge in [-0.3, -0.25) is 25.0 Å². The quantitative estimate of drug-likeness (QED) is 0.219. The number of rotatable bonds is 11. The van der Waals surface area contributed by atoms with E-state index >= 15 is 0 Å². The fraction of sp³-hybridized carbons (Fsp3) is 0.200. The van der Waals surface area contributed by atoms with Gasteiger partial charge in [0, 0.05) is 6.07 Å². The Hall–Kier alpha value is -5.00. The number of nitro benzene ring substituents is 2. The Morgan fingerprint density at radius 2 is 1.65 bits per heavy atom. The van der Waals surface area contributed by atoms with Crippen molar-refractivity contribution in [2.45, 2.75) is 20.8 Å². The van der Waals surface area contributed by atoms with Crippen molar-refractivity contribution in [3.63, 3.8) is 0 Å². The number of nitrogens with zero attached hydrogens (tertiary/aromatic N) is 3. The number of hydrogen-bond donors (Lipinski definition) is 1. The first-order valence-electron chi connectivity index (χ1n) is 11.1. The molecule has 0 bridgehead atoms. The molecule has 0 aromatic heterocycles. The molecule has 12 heteroatoms. The molecular formula is C25H24N4O8. The molecule has 12 nitrogen and oxygen atoms in total. The molecule has 0 radical (unpaired) electrons. The highest BCUT2D eigenvalue weighted by molar-refractivity contribution is 5.83. The summed E-state index contributed by atoms with van der Waals surface area (Å²) >= 11 is 0. The fourth-order valence-corrected chi connectivity index (χ4v) is 3.30. The lowest BCUT2D eigenvalue weighted by Gasteiger charge is -2.12. The largest absolute Gasteiger partial charge is 0.490 e. The summed E-state index contributed by atoms with van der Waals surface area (Å²) in [4.78, 5) is 33.0. The van der Waals surface area contributed by atoms with Gasteiger partial charge in [0.2, 0.25) is 5.75 Å². The van der Waals surface area contributed by atoms with Gasteiger partial charge in [-0.15, -0.1) is 0 Å². The van der Waals surface area contributed by atoms with Crippen LogP contribution < -0.4 is 19.6 Å². The van der Waals surface area contributed by atoms with Crippen LogP contribution in [-0.4, -0.2) is 35.2 Å². The lowest BCUT2D eigenvalue weighted by atomic mass is 10.1. The van der Waals surface area contributed by atoms with Crippen LogP contribution in [0.25, 0.3) is 0 Å². The molecule has 0 saturated heterocycles. The molecule has 3 rings (SSSR count). The predicted molar refractivity (Wildman–Crippen MR) is 135 cm³/mol. The first-order valence-corrected chi connectivity index (χ1v) is 11.1. The standard InChI is InChI=1S/C25H24N4O8/c1-4-35-23-12-18(14-26-27-24(30)15-36-25-16(2)6-5-7-17(25)3)8-10-22(23)37-21-11-9-19(28(31)32)13-20(21)29(33)34/h5-14H,4,15H2,1-3H3,(H,27,30). The van der Waals surface area contributed by atoms with Gasteiger partial charge in [-0.05, 0) is 61.7 Å². The third-order valence-corrected chi connectivity index (χ3v) is 5.00. The topological polar surface area (TPSA) is 155 Å². The third kappa shape index (κ3) is 7.01. The Kier molecular flexibility index (Phi) is 8.71. The summed E-state index contributed by atoms with van der Waals surface area (Å²) in [5.41, 5.74) is 3.77. The second kappa shape index (κ2) is 12.1. The van der Waals surface area contributed by atoms with Crippen molar-refractivity contribution in [2.75, 3.05) is 13.2 Å². The van der Waals surface area contributed by atoms with Crippen LogP contribution in [0.15, 0.2) is 59.7 Å². The molecule has 0 heterocycles. The van der Waals surface area contributed by atoms with Crippen molar-refractivity contribution >= 4 is 23.5 Å². The van der Waals surface area contributed by atoms with E-state index in [-0.39, 0.29) is 30.5 Å². The zero-order valence-electron chi connectivity index (χ0n) is 20.3. The minimum Gasteiger partial charge on any atom is -0.490 e. The van der Waals surface area contributed by atoms with Crippen LogP contribution in [0.4, 0.5) is 11.4 Å². The van der Waals surface area contributed by atoms with Gasteiger partial charge in [0.1, 0.15) is 5.75 Å².